The van der Waals surface area contributed by atoms with Gasteiger partial charge in [0, 0.05) is 38.8 Å². The van der Waals surface area contributed by atoms with Crippen LogP contribution in [-0.2, 0) is 61.4 Å². The van der Waals surface area contributed by atoms with Crippen LogP contribution in [0.25, 0.3) is 10.2 Å². The molecular formula is C40H38NO12SY-. The zero-order valence-electron chi connectivity index (χ0n) is 30.1. The van der Waals surface area contributed by atoms with Crippen LogP contribution >= 0.6 is 11.3 Å². The van der Waals surface area contributed by atoms with Gasteiger partial charge < -0.3 is 38.1 Å². The van der Waals surface area contributed by atoms with Gasteiger partial charge in [0.15, 0.2) is 0 Å². The maximum atomic E-state index is 13.2. The number of nitrogens with zero attached hydrogens (tertiary/aromatic N) is 1. The van der Waals surface area contributed by atoms with Gasteiger partial charge in [-0.2, -0.15) is 0 Å². The van der Waals surface area contributed by atoms with Crippen LogP contribution in [0.15, 0.2) is 73.3 Å². The number of methoxy groups -OCH3 is 1. The van der Waals surface area contributed by atoms with E-state index in [0.29, 0.717) is 84.6 Å². The fourth-order valence-corrected chi connectivity index (χ4v) is 7.07. The number of aromatic nitrogens is 1. The Balaban J connectivity index is 0.00000580. The van der Waals surface area contributed by atoms with Crippen LogP contribution in [0.1, 0.15) is 51.4 Å². The molecule has 1 heterocycles. The number of esters is 5. The maximum Gasteiger partial charge on any atom is 0.333 e. The van der Waals surface area contributed by atoms with Crippen LogP contribution < -0.4 is 28.4 Å². The third-order valence-electron chi connectivity index (χ3n) is 9.49. The van der Waals surface area contributed by atoms with E-state index in [1.165, 1.54) is 0 Å². The maximum absolute atomic E-state index is 13.2. The summed E-state index contributed by atoms with van der Waals surface area (Å²) in [7, 11) is 1.56. The molecule has 2 aliphatic carbocycles. The van der Waals surface area contributed by atoms with E-state index >= 15 is 0 Å². The van der Waals surface area contributed by atoms with Crippen LogP contribution in [-0.4, -0.2) is 48.7 Å². The predicted octanol–water partition coefficient (Wildman–Crippen LogP) is 6.80. The molecule has 6 rings (SSSR count). The fraction of sp³-hybridized carbons (Fsp3) is 0.350. The fourth-order valence-electron chi connectivity index (χ4n) is 6.39. The molecule has 0 N–H and O–H groups in total. The van der Waals surface area contributed by atoms with Gasteiger partial charge in [0.2, 0.25) is 6.79 Å². The van der Waals surface area contributed by atoms with Crippen molar-refractivity contribution in [3.8, 4) is 34.5 Å². The number of hydrogen-bond acceptors (Lipinski definition) is 14. The monoisotopic (exact) mass is 845 g/mol. The van der Waals surface area contributed by atoms with Gasteiger partial charge in [0.25, 0.3) is 0 Å². The smallest absolute Gasteiger partial charge is 0.333 e. The van der Waals surface area contributed by atoms with Gasteiger partial charge >= 0.3 is 29.8 Å². The van der Waals surface area contributed by atoms with Gasteiger partial charge in [-0.05, 0) is 123 Å². The Bertz CT molecular complexity index is 1980. The molecule has 285 valence electrons. The molecule has 0 spiro atoms. The van der Waals surface area contributed by atoms with Crippen LogP contribution in [0.5, 0.6) is 34.5 Å². The van der Waals surface area contributed by atoms with Crippen molar-refractivity contribution in [2.75, 3.05) is 13.9 Å². The first-order chi connectivity index (χ1) is 26.2. The van der Waals surface area contributed by atoms with Gasteiger partial charge in [-0.1, -0.05) is 11.3 Å². The Labute approximate surface area is 346 Å². The molecule has 55 heavy (non-hydrogen) atoms. The van der Waals surface area contributed by atoms with E-state index in [0.717, 1.165) is 17.4 Å². The van der Waals surface area contributed by atoms with Crippen LogP contribution in [0.3, 0.4) is 0 Å². The molecule has 0 atom stereocenters. The number of rotatable bonds is 13. The van der Waals surface area contributed by atoms with Gasteiger partial charge in [-0.25, -0.2) is 4.79 Å². The van der Waals surface area contributed by atoms with Crippen molar-refractivity contribution in [1.82, 2.24) is 4.98 Å². The Morgan fingerprint density at radius 1 is 0.655 bits per heavy atom. The predicted molar refractivity (Wildman–Crippen MR) is 193 cm³/mol. The molecule has 2 saturated carbocycles. The van der Waals surface area contributed by atoms with Gasteiger partial charge in [-0.3, -0.25) is 30.5 Å². The Hall–Kier alpha value is -4.66. The van der Waals surface area contributed by atoms with E-state index in [-0.39, 0.29) is 80.7 Å². The van der Waals surface area contributed by atoms with E-state index < -0.39 is 23.8 Å². The summed E-state index contributed by atoms with van der Waals surface area (Å²) >= 11 is 1.14. The van der Waals surface area contributed by atoms with Crippen molar-refractivity contribution in [3.05, 3.63) is 78.8 Å². The summed E-state index contributed by atoms with van der Waals surface area (Å²) in [6.07, 6.45) is 4.79. The second kappa shape index (κ2) is 19.8. The molecule has 4 aromatic rings. The molecule has 3 aromatic carbocycles. The number of fused-ring (bicyclic) bond motifs is 1. The molecule has 1 aromatic heterocycles. The third-order valence-corrected chi connectivity index (χ3v) is 10.3. The molecule has 1 radical (unpaired) electrons. The Morgan fingerprint density at radius 3 is 1.55 bits per heavy atom. The number of ether oxygens (including phenoxy) is 7. The number of benzene rings is 3. The van der Waals surface area contributed by atoms with Crippen molar-refractivity contribution in [1.29, 1.82) is 0 Å². The summed E-state index contributed by atoms with van der Waals surface area (Å²) in [5, 5.41) is 0. The topological polar surface area (TPSA) is 163 Å². The van der Waals surface area contributed by atoms with Crippen molar-refractivity contribution in [2.24, 2.45) is 23.7 Å². The molecule has 0 unspecified atom stereocenters. The Morgan fingerprint density at radius 2 is 1.07 bits per heavy atom. The second-order valence-electron chi connectivity index (χ2n) is 12.9. The summed E-state index contributed by atoms with van der Waals surface area (Å²) in [6, 6.07) is 16.2. The average Bonchev–Trinajstić information content (AvgIpc) is 3.71. The molecular weight excluding hydrogens is 807 g/mol. The molecule has 2 aliphatic rings. The van der Waals surface area contributed by atoms with Crippen LogP contribution in [0.2, 0.25) is 0 Å². The molecule has 2 fully saturated rings. The number of carbonyl (C=O) groups is 5. The summed E-state index contributed by atoms with van der Waals surface area (Å²) < 4.78 is 38.4. The minimum Gasteiger partial charge on any atom is -0.497 e. The summed E-state index contributed by atoms with van der Waals surface area (Å²) in [6.45, 7) is 3.03. The quantitative estimate of drug-likeness (QED) is 0.0454. The summed E-state index contributed by atoms with van der Waals surface area (Å²) in [4.78, 5) is 67.3. The molecule has 0 bridgehead atoms. The Kier molecular flexibility index (Phi) is 14.9. The van der Waals surface area contributed by atoms with Crippen LogP contribution in [0, 0.1) is 29.2 Å². The molecule has 0 saturated heterocycles. The van der Waals surface area contributed by atoms with Gasteiger partial charge in [0.05, 0.1) is 42.3 Å². The van der Waals surface area contributed by atoms with E-state index in [1.807, 2.05) is 0 Å². The number of hydrogen-bond donors (Lipinski definition) is 0. The number of thiazole rings is 1. The molecule has 15 heteroatoms. The third kappa shape index (κ3) is 11.0. The normalized spacial score (nSPS) is 19.1. The zero-order valence-corrected chi connectivity index (χ0v) is 33.7. The van der Waals surface area contributed by atoms with Crippen molar-refractivity contribution in [3.63, 3.8) is 0 Å². The zero-order chi connectivity index (χ0) is 38.0. The minimum atomic E-state index is -0.603. The first-order valence-electron chi connectivity index (χ1n) is 17.5. The standard InChI is InChI=1S/C40H38NO12S.Y/c1-3-34(42)49-23-48-29-14-18-31(19-15-29)51-38(44)25-6-10-27(11-7-25)40(46)53-33-21-20-32(35-36(33)54-22-41-35)52-39(45)26-8-4-24(5-9-26)37(43)50-30-16-12-28(47-2)13-17-30;/h3,12-21,24-27H,1,4-11,23H2,2H3;/q-1;. The first-order valence-corrected chi connectivity index (χ1v) is 18.3. The second-order valence-corrected chi connectivity index (χ2v) is 13.7. The molecule has 13 nitrogen and oxygen atoms in total. The van der Waals surface area contributed by atoms with Gasteiger partial charge in [-0.15, -0.1) is 0 Å². The van der Waals surface area contributed by atoms with E-state index in [4.69, 9.17) is 33.2 Å². The van der Waals surface area contributed by atoms with Crippen molar-refractivity contribution >= 4 is 51.4 Å². The van der Waals surface area contributed by atoms with E-state index in [1.54, 1.807) is 67.8 Å². The molecule has 0 amide bonds. The molecule has 0 aliphatic heterocycles. The minimum absolute atomic E-state index is 0. The van der Waals surface area contributed by atoms with E-state index in [2.05, 4.69) is 17.1 Å². The first kappa shape index (κ1) is 41.5. The van der Waals surface area contributed by atoms with Crippen molar-refractivity contribution in [2.45, 2.75) is 51.4 Å². The van der Waals surface area contributed by atoms with E-state index in [9.17, 15) is 24.0 Å². The van der Waals surface area contributed by atoms with Crippen molar-refractivity contribution < 1.29 is 89.8 Å². The number of carbonyl (C=O) groups excluding carboxylic acids is 5. The van der Waals surface area contributed by atoms with Crippen LogP contribution in [0.4, 0.5) is 0 Å². The van der Waals surface area contributed by atoms with Gasteiger partial charge in [0.1, 0.15) is 23.0 Å². The summed E-state index contributed by atoms with van der Waals surface area (Å²) in [5.74, 6) is -1.24. The SMILES string of the molecule is C=CC(=O)OCOc1ccc(OC(=O)C2CCC(C(=O)Oc3ccc(OC(=O)C4CCC(C(=O)Oc5ccc(OC)cc5)CC4)c4n[c-]sc34)CC2)cc1.[Y]. The summed E-state index contributed by atoms with van der Waals surface area (Å²) in [5.41, 5.74) is 3.16. The average molecular weight is 846 g/mol. The largest absolute Gasteiger partial charge is 0.497 e.